The first-order valence-electron chi connectivity index (χ1n) is 15.7. The lowest BCUT2D eigenvalue weighted by molar-refractivity contribution is 1.68. The van der Waals surface area contributed by atoms with Crippen molar-refractivity contribution in [2.45, 2.75) is 0 Å². The Labute approximate surface area is 274 Å². The minimum Gasteiger partial charge on any atom is -0.134 e. The van der Waals surface area contributed by atoms with Gasteiger partial charge in [0.05, 0.1) is 0 Å². The van der Waals surface area contributed by atoms with Gasteiger partial charge in [-0.2, -0.15) is 0 Å². The Hall–Kier alpha value is -5.28. The van der Waals surface area contributed by atoms with Gasteiger partial charge in [-0.1, -0.05) is 146 Å². The molecule has 0 radical (unpaired) electrons. The summed E-state index contributed by atoms with van der Waals surface area (Å²) < 4.78 is 4.05. The molecule has 0 atom stereocenters. The molecular formula is C44H26S2. The molecule has 0 amide bonds. The van der Waals surface area contributed by atoms with Gasteiger partial charge in [-0.15, -0.1) is 22.7 Å². The maximum Gasteiger partial charge on any atom is 0.0448 e. The van der Waals surface area contributed by atoms with Crippen LogP contribution in [0.15, 0.2) is 158 Å². The van der Waals surface area contributed by atoms with Gasteiger partial charge in [-0.3, -0.25) is 0 Å². The van der Waals surface area contributed by atoms with Crippen LogP contribution in [-0.2, 0) is 0 Å². The molecule has 10 aromatic rings. The van der Waals surface area contributed by atoms with Gasteiger partial charge in [0.25, 0.3) is 0 Å². The fourth-order valence-corrected chi connectivity index (χ4v) is 10.2. The van der Waals surface area contributed by atoms with Crippen LogP contribution in [0.2, 0.25) is 0 Å². The number of benzene rings is 8. The van der Waals surface area contributed by atoms with Crippen molar-refractivity contribution in [3.05, 3.63) is 158 Å². The molecule has 46 heavy (non-hydrogen) atoms. The summed E-state index contributed by atoms with van der Waals surface area (Å²) in [6, 6.07) is 58.1. The monoisotopic (exact) mass is 618 g/mol. The molecule has 0 unspecified atom stereocenters. The standard InChI is InChI=1S/C44H26S2/c1-2-14-28(15-3-1)39-42-38(26-25-36-30-18-10-11-24-37(30)45-43(36)42)46-44(39)41-34-21-8-6-19-32(34)40(33-20-7-9-22-35(33)41)31-23-12-16-27-13-4-5-17-29(27)31/h1-26H. The van der Waals surface area contributed by atoms with Crippen molar-refractivity contribution in [2.24, 2.45) is 0 Å². The van der Waals surface area contributed by atoms with Gasteiger partial charge < -0.3 is 0 Å². The molecule has 2 aromatic heterocycles. The SMILES string of the molecule is c1ccc(-c2c(-c3c4ccccc4c(-c4cccc5ccccc45)c4ccccc34)sc3ccc4c5ccccc5sc4c23)cc1. The molecule has 2 heteroatoms. The summed E-state index contributed by atoms with van der Waals surface area (Å²) in [5.41, 5.74) is 6.51. The van der Waals surface area contributed by atoms with Gasteiger partial charge in [-0.05, 0) is 61.1 Å². The minimum atomic E-state index is 1.26. The maximum atomic E-state index is 2.35. The quantitative estimate of drug-likeness (QED) is 0.173. The van der Waals surface area contributed by atoms with E-state index in [0.717, 1.165) is 0 Å². The van der Waals surface area contributed by atoms with Gasteiger partial charge in [0.15, 0.2) is 0 Å². The first-order chi connectivity index (χ1) is 22.8. The molecule has 8 aromatic carbocycles. The lowest BCUT2D eigenvalue weighted by Gasteiger charge is -2.19. The molecule has 0 saturated heterocycles. The molecule has 10 rings (SSSR count). The van der Waals surface area contributed by atoms with E-state index in [4.69, 9.17) is 0 Å². The van der Waals surface area contributed by atoms with Gasteiger partial charge >= 0.3 is 0 Å². The molecule has 0 bridgehead atoms. The average Bonchev–Trinajstić information content (AvgIpc) is 3.69. The van der Waals surface area contributed by atoms with Crippen molar-refractivity contribution in [1.82, 2.24) is 0 Å². The van der Waals surface area contributed by atoms with Gasteiger partial charge in [0.1, 0.15) is 0 Å². The molecule has 0 aliphatic rings. The van der Waals surface area contributed by atoms with E-state index >= 15 is 0 Å². The predicted octanol–water partition coefficient (Wildman–Crippen LogP) is 13.7. The zero-order valence-corrected chi connectivity index (χ0v) is 26.5. The van der Waals surface area contributed by atoms with Crippen LogP contribution in [0.5, 0.6) is 0 Å². The first kappa shape index (κ1) is 26.0. The Kier molecular flexibility index (Phi) is 5.72. The van der Waals surface area contributed by atoms with E-state index in [1.54, 1.807) is 0 Å². The number of hydrogen-bond acceptors (Lipinski definition) is 2. The van der Waals surface area contributed by atoms with Crippen LogP contribution < -0.4 is 0 Å². The van der Waals surface area contributed by atoms with E-state index in [9.17, 15) is 0 Å². The first-order valence-corrected chi connectivity index (χ1v) is 17.3. The van der Waals surface area contributed by atoms with Crippen LogP contribution in [0.4, 0.5) is 0 Å². The molecule has 0 aliphatic heterocycles. The summed E-state index contributed by atoms with van der Waals surface area (Å²) in [4.78, 5) is 1.34. The Bertz CT molecular complexity index is 2740. The van der Waals surface area contributed by atoms with Crippen LogP contribution >= 0.6 is 22.7 Å². The zero-order valence-electron chi connectivity index (χ0n) is 24.8. The van der Waals surface area contributed by atoms with Gasteiger partial charge in [-0.25, -0.2) is 0 Å². The van der Waals surface area contributed by atoms with E-state index in [1.165, 1.54) is 95.3 Å². The van der Waals surface area contributed by atoms with Crippen molar-refractivity contribution in [3.8, 4) is 32.7 Å². The average molecular weight is 619 g/mol. The van der Waals surface area contributed by atoms with Crippen molar-refractivity contribution in [2.75, 3.05) is 0 Å². The second kappa shape index (κ2) is 10.1. The molecule has 0 spiro atoms. The molecule has 2 heterocycles. The van der Waals surface area contributed by atoms with E-state index in [2.05, 4.69) is 158 Å². The number of fused-ring (bicyclic) bond motifs is 8. The molecule has 214 valence electrons. The van der Waals surface area contributed by atoms with E-state index < -0.39 is 0 Å². The van der Waals surface area contributed by atoms with Crippen molar-refractivity contribution < 1.29 is 0 Å². The number of rotatable bonds is 3. The molecule has 0 saturated carbocycles. The smallest absolute Gasteiger partial charge is 0.0448 e. The third-order valence-electron chi connectivity index (χ3n) is 9.48. The third kappa shape index (κ3) is 3.72. The zero-order chi connectivity index (χ0) is 30.2. The molecule has 0 aliphatic carbocycles. The maximum absolute atomic E-state index is 2.35. The Morgan fingerprint density at radius 2 is 0.913 bits per heavy atom. The molecular weight excluding hydrogens is 593 g/mol. The van der Waals surface area contributed by atoms with Gasteiger partial charge in [0, 0.05) is 46.3 Å². The highest BCUT2D eigenvalue weighted by Gasteiger charge is 2.24. The number of thiophene rings is 2. The minimum absolute atomic E-state index is 1.26. The van der Waals surface area contributed by atoms with E-state index in [1.807, 2.05) is 22.7 Å². The predicted molar refractivity (Wildman–Crippen MR) is 204 cm³/mol. The number of hydrogen-bond donors (Lipinski definition) is 0. The Balaban J connectivity index is 1.40. The normalized spacial score (nSPS) is 11.9. The molecule has 0 nitrogen and oxygen atoms in total. The van der Waals surface area contributed by atoms with Crippen LogP contribution in [0.3, 0.4) is 0 Å². The van der Waals surface area contributed by atoms with Crippen LogP contribution in [-0.4, -0.2) is 0 Å². The lowest BCUT2D eigenvalue weighted by Crippen LogP contribution is -1.91. The molecule has 0 fully saturated rings. The summed E-state index contributed by atoms with van der Waals surface area (Å²) in [6.07, 6.45) is 0. The highest BCUT2D eigenvalue weighted by atomic mass is 32.1. The van der Waals surface area contributed by atoms with E-state index in [-0.39, 0.29) is 0 Å². The largest absolute Gasteiger partial charge is 0.134 e. The van der Waals surface area contributed by atoms with Crippen LogP contribution in [0.25, 0.3) is 95.3 Å². The molecule has 0 N–H and O–H groups in total. The van der Waals surface area contributed by atoms with Crippen molar-refractivity contribution in [1.29, 1.82) is 0 Å². The van der Waals surface area contributed by atoms with Gasteiger partial charge in [0.2, 0.25) is 0 Å². The highest BCUT2D eigenvalue weighted by molar-refractivity contribution is 7.28. The summed E-state index contributed by atoms with van der Waals surface area (Å²) in [6.45, 7) is 0. The second-order valence-corrected chi connectivity index (χ2v) is 14.1. The lowest BCUT2D eigenvalue weighted by atomic mass is 9.85. The summed E-state index contributed by atoms with van der Waals surface area (Å²) in [5, 5.41) is 11.8. The van der Waals surface area contributed by atoms with Crippen molar-refractivity contribution in [3.63, 3.8) is 0 Å². The summed E-state index contributed by atoms with van der Waals surface area (Å²) in [7, 11) is 0. The summed E-state index contributed by atoms with van der Waals surface area (Å²) >= 11 is 3.86. The topological polar surface area (TPSA) is 0 Å². The van der Waals surface area contributed by atoms with Crippen molar-refractivity contribution >= 4 is 85.2 Å². The van der Waals surface area contributed by atoms with Crippen LogP contribution in [0.1, 0.15) is 0 Å². The second-order valence-electron chi connectivity index (χ2n) is 12.0. The van der Waals surface area contributed by atoms with E-state index in [0.29, 0.717) is 0 Å². The Morgan fingerprint density at radius 3 is 1.65 bits per heavy atom. The fraction of sp³-hybridized carbons (Fsp3) is 0. The third-order valence-corrected chi connectivity index (χ3v) is 11.9. The Morgan fingerprint density at radius 1 is 0.326 bits per heavy atom. The van der Waals surface area contributed by atoms with Crippen LogP contribution in [0, 0.1) is 0 Å². The fourth-order valence-electron chi connectivity index (χ4n) is 7.53. The highest BCUT2D eigenvalue weighted by Crippen LogP contribution is 2.54. The summed E-state index contributed by atoms with van der Waals surface area (Å²) in [5.74, 6) is 0.